The molecule has 0 heterocycles. The van der Waals surface area contributed by atoms with Gasteiger partial charge in [0.2, 0.25) is 0 Å². The van der Waals surface area contributed by atoms with Crippen LogP contribution in [0.15, 0.2) is 0 Å². The third-order valence-electron chi connectivity index (χ3n) is 1.16. The van der Waals surface area contributed by atoms with Crippen LogP contribution in [0.4, 0.5) is 0 Å². The second-order valence-corrected chi connectivity index (χ2v) is 1.74. The summed E-state index contributed by atoms with van der Waals surface area (Å²) in [6.07, 6.45) is 3.58. The van der Waals surface area contributed by atoms with Gasteiger partial charge in [-0.25, -0.2) is 0 Å². The van der Waals surface area contributed by atoms with Gasteiger partial charge in [-0.05, 0) is 18.6 Å². The Bertz CT molecular complexity index is 80.6. The Kier molecular flexibility index (Phi) is 4.13. The molecular formula is C6H11NO. The van der Waals surface area contributed by atoms with Gasteiger partial charge in [-0.15, -0.1) is 0 Å². The highest BCUT2D eigenvalue weighted by Gasteiger charge is 1.97. The average molecular weight is 113 g/mol. The van der Waals surface area contributed by atoms with Gasteiger partial charge in [-0.2, -0.15) is 0 Å². The van der Waals surface area contributed by atoms with E-state index in [0.29, 0.717) is 6.42 Å². The number of nitrogens with one attached hydrogen (secondary N) is 1. The first-order valence-corrected chi connectivity index (χ1v) is 2.79. The maximum atomic E-state index is 9.83. The number of rotatable bonds is 4. The Morgan fingerprint density at radius 3 is 2.50 bits per heavy atom. The van der Waals surface area contributed by atoms with Crippen LogP contribution in [0.5, 0.6) is 0 Å². The van der Waals surface area contributed by atoms with Crippen molar-refractivity contribution in [1.82, 2.24) is 0 Å². The second kappa shape index (κ2) is 4.50. The van der Waals surface area contributed by atoms with E-state index in [9.17, 15) is 4.79 Å². The molecule has 0 amide bonds. The van der Waals surface area contributed by atoms with Crippen LogP contribution in [-0.4, -0.2) is 12.5 Å². The number of hydrogen-bond donors (Lipinski definition) is 1. The van der Waals surface area contributed by atoms with Crippen molar-refractivity contribution in [3.8, 4) is 0 Å². The molecule has 0 rings (SSSR count). The normalized spacial score (nSPS) is 12.6. The summed E-state index contributed by atoms with van der Waals surface area (Å²) >= 11 is 0. The van der Waals surface area contributed by atoms with Gasteiger partial charge in [0, 0.05) is 6.42 Å². The fourth-order valence-electron chi connectivity index (χ4n) is 0.476. The van der Waals surface area contributed by atoms with Gasteiger partial charge in [-0.1, -0.05) is 6.92 Å². The lowest BCUT2D eigenvalue weighted by atomic mass is 10.1. The SMILES string of the molecule is CCC(C=N)CC=O. The molecule has 1 atom stereocenters. The van der Waals surface area contributed by atoms with Gasteiger partial charge in [0.05, 0.1) is 0 Å². The molecule has 0 spiro atoms. The van der Waals surface area contributed by atoms with Crippen molar-refractivity contribution >= 4 is 12.5 Å². The summed E-state index contributed by atoms with van der Waals surface area (Å²) in [5, 5.41) is 6.78. The summed E-state index contributed by atoms with van der Waals surface area (Å²) in [6.45, 7) is 1.97. The maximum absolute atomic E-state index is 9.83. The minimum atomic E-state index is 0.174. The molecule has 0 aromatic carbocycles. The van der Waals surface area contributed by atoms with Gasteiger partial charge in [0.1, 0.15) is 6.29 Å². The van der Waals surface area contributed by atoms with Crippen LogP contribution in [-0.2, 0) is 4.79 Å². The number of aldehydes is 1. The van der Waals surface area contributed by atoms with Gasteiger partial charge in [-0.3, -0.25) is 0 Å². The van der Waals surface area contributed by atoms with Crippen molar-refractivity contribution in [3.05, 3.63) is 0 Å². The zero-order valence-corrected chi connectivity index (χ0v) is 5.05. The maximum Gasteiger partial charge on any atom is 0.120 e. The molecule has 0 aromatic rings. The number of carbonyl (C=O) groups excluding carboxylic acids is 1. The van der Waals surface area contributed by atoms with E-state index in [0.717, 1.165) is 12.7 Å². The Morgan fingerprint density at radius 2 is 2.38 bits per heavy atom. The molecule has 8 heavy (non-hydrogen) atoms. The summed E-state index contributed by atoms with van der Waals surface area (Å²) < 4.78 is 0. The molecule has 0 aliphatic rings. The predicted octanol–water partition coefficient (Wildman–Crippen LogP) is 1.25. The highest BCUT2D eigenvalue weighted by molar-refractivity contribution is 5.63. The summed E-state index contributed by atoms with van der Waals surface area (Å²) in [5.41, 5.74) is 0. The van der Waals surface area contributed by atoms with E-state index in [1.54, 1.807) is 0 Å². The van der Waals surface area contributed by atoms with Crippen LogP contribution in [0.25, 0.3) is 0 Å². The summed E-state index contributed by atoms with van der Waals surface area (Å²) in [4.78, 5) is 9.83. The van der Waals surface area contributed by atoms with E-state index >= 15 is 0 Å². The van der Waals surface area contributed by atoms with Crippen molar-refractivity contribution < 1.29 is 4.79 Å². The Balaban J connectivity index is 3.35. The van der Waals surface area contributed by atoms with Crippen LogP contribution in [0.3, 0.4) is 0 Å². The van der Waals surface area contributed by atoms with E-state index in [2.05, 4.69) is 0 Å². The third-order valence-corrected chi connectivity index (χ3v) is 1.16. The van der Waals surface area contributed by atoms with Crippen LogP contribution >= 0.6 is 0 Å². The Hall–Kier alpha value is -0.660. The molecule has 0 aromatic heterocycles. The van der Waals surface area contributed by atoms with Crippen LogP contribution < -0.4 is 0 Å². The van der Waals surface area contributed by atoms with E-state index in [-0.39, 0.29) is 5.92 Å². The van der Waals surface area contributed by atoms with E-state index in [1.165, 1.54) is 6.21 Å². The monoisotopic (exact) mass is 113 g/mol. The lowest BCUT2D eigenvalue weighted by Gasteiger charge is -1.99. The standard InChI is InChI=1S/C6H11NO/c1-2-6(5-7)3-4-8/h4-7H,2-3H2,1H3. The van der Waals surface area contributed by atoms with Crippen molar-refractivity contribution in [3.63, 3.8) is 0 Å². The average Bonchev–Trinajstić information content (AvgIpc) is 1.83. The second-order valence-electron chi connectivity index (χ2n) is 1.74. The molecule has 2 heteroatoms. The van der Waals surface area contributed by atoms with Crippen molar-refractivity contribution in [2.45, 2.75) is 19.8 Å². The lowest BCUT2D eigenvalue weighted by molar-refractivity contribution is -0.108. The first kappa shape index (κ1) is 7.34. The largest absolute Gasteiger partial charge is 0.313 e. The van der Waals surface area contributed by atoms with Crippen LogP contribution in [0.2, 0.25) is 0 Å². The molecule has 0 radical (unpaired) electrons. The van der Waals surface area contributed by atoms with E-state index in [4.69, 9.17) is 5.41 Å². The van der Waals surface area contributed by atoms with E-state index in [1.807, 2.05) is 6.92 Å². The topological polar surface area (TPSA) is 40.9 Å². The minimum absolute atomic E-state index is 0.174. The molecule has 0 saturated carbocycles. The molecular weight excluding hydrogens is 102 g/mol. The smallest absolute Gasteiger partial charge is 0.120 e. The van der Waals surface area contributed by atoms with Crippen molar-refractivity contribution in [1.29, 1.82) is 5.41 Å². The molecule has 0 aliphatic carbocycles. The third kappa shape index (κ3) is 2.50. The van der Waals surface area contributed by atoms with Crippen molar-refractivity contribution in [2.75, 3.05) is 0 Å². The molecule has 1 unspecified atom stereocenters. The van der Waals surface area contributed by atoms with Gasteiger partial charge in [0.25, 0.3) is 0 Å². The zero-order valence-electron chi connectivity index (χ0n) is 5.05. The molecule has 2 nitrogen and oxygen atoms in total. The molecule has 0 bridgehead atoms. The lowest BCUT2D eigenvalue weighted by Crippen LogP contribution is -1.98. The fourth-order valence-corrected chi connectivity index (χ4v) is 0.476. The molecule has 0 aliphatic heterocycles. The van der Waals surface area contributed by atoms with Gasteiger partial charge < -0.3 is 10.2 Å². The Labute approximate surface area is 49.4 Å². The highest BCUT2D eigenvalue weighted by atomic mass is 16.1. The van der Waals surface area contributed by atoms with Gasteiger partial charge in [0.15, 0.2) is 0 Å². The van der Waals surface area contributed by atoms with Gasteiger partial charge >= 0.3 is 0 Å². The quantitative estimate of drug-likeness (QED) is 0.432. The fraction of sp³-hybridized carbons (Fsp3) is 0.667. The Morgan fingerprint density at radius 1 is 1.75 bits per heavy atom. The molecule has 46 valence electrons. The number of carbonyl (C=O) groups is 1. The minimum Gasteiger partial charge on any atom is -0.313 e. The summed E-state index contributed by atoms with van der Waals surface area (Å²) in [5.74, 6) is 0.174. The van der Waals surface area contributed by atoms with Crippen LogP contribution in [0, 0.1) is 11.3 Å². The number of hydrogen-bond acceptors (Lipinski definition) is 2. The van der Waals surface area contributed by atoms with E-state index < -0.39 is 0 Å². The molecule has 0 fully saturated rings. The summed E-state index contributed by atoms with van der Waals surface area (Å²) in [6, 6.07) is 0. The van der Waals surface area contributed by atoms with Crippen LogP contribution in [0.1, 0.15) is 19.8 Å². The zero-order chi connectivity index (χ0) is 6.41. The molecule has 0 saturated heterocycles. The van der Waals surface area contributed by atoms with Crippen molar-refractivity contribution in [2.24, 2.45) is 5.92 Å². The summed E-state index contributed by atoms with van der Waals surface area (Å²) in [7, 11) is 0. The predicted molar refractivity (Wildman–Crippen MR) is 33.2 cm³/mol. The highest BCUT2D eigenvalue weighted by Crippen LogP contribution is 2.00. The molecule has 1 N–H and O–H groups in total. The first-order valence-electron chi connectivity index (χ1n) is 2.79. The first-order chi connectivity index (χ1) is 3.85.